The van der Waals surface area contributed by atoms with Crippen molar-refractivity contribution in [3.63, 3.8) is 0 Å². The van der Waals surface area contributed by atoms with Crippen molar-refractivity contribution < 1.29 is 27.9 Å². The molecule has 0 spiro atoms. The van der Waals surface area contributed by atoms with E-state index >= 15 is 0 Å². The first kappa shape index (κ1) is 16.0. The highest BCUT2D eigenvalue weighted by molar-refractivity contribution is 6.01. The SMILES string of the molecule is CCOC(=O)CCC(=NO)c1ccc(C(F)(F)F)cc1. The fourth-order valence-corrected chi connectivity index (χ4v) is 1.56. The van der Waals surface area contributed by atoms with Gasteiger partial charge in [-0.1, -0.05) is 17.3 Å². The van der Waals surface area contributed by atoms with E-state index in [1.54, 1.807) is 6.92 Å². The van der Waals surface area contributed by atoms with Crippen LogP contribution in [0.4, 0.5) is 13.2 Å². The molecule has 0 aromatic heterocycles. The van der Waals surface area contributed by atoms with Gasteiger partial charge in [-0.05, 0) is 24.6 Å². The summed E-state index contributed by atoms with van der Waals surface area (Å²) in [5, 5.41) is 11.9. The highest BCUT2D eigenvalue weighted by Gasteiger charge is 2.30. The number of carbonyl (C=O) groups excluding carboxylic acids is 1. The molecule has 1 aromatic carbocycles. The van der Waals surface area contributed by atoms with Crippen molar-refractivity contribution in [1.82, 2.24) is 0 Å². The van der Waals surface area contributed by atoms with E-state index < -0.39 is 17.7 Å². The van der Waals surface area contributed by atoms with Crippen molar-refractivity contribution in [3.05, 3.63) is 35.4 Å². The molecular weight excluding hydrogens is 275 g/mol. The first-order valence-corrected chi connectivity index (χ1v) is 5.92. The Morgan fingerprint density at radius 1 is 1.25 bits per heavy atom. The number of nitrogens with zero attached hydrogens (tertiary/aromatic N) is 1. The largest absolute Gasteiger partial charge is 0.466 e. The predicted octanol–water partition coefficient (Wildman–Crippen LogP) is 3.23. The fourth-order valence-electron chi connectivity index (χ4n) is 1.56. The molecule has 0 heterocycles. The topological polar surface area (TPSA) is 58.9 Å². The van der Waals surface area contributed by atoms with Crippen molar-refractivity contribution in [1.29, 1.82) is 0 Å². The van der Waals surface area contributed by atoms with Gasteiger partial charge in [0.05, 0.1) is 24.3 Å². The zero-order valence-electron chi connectivity index (χ0n) is 10.8. The van der Waals surface area contributed by atoms with Gasteiger partial charge in [0.1, 0.15) is 0 Å². The van der Waals surface area contributed by atoms with Crippen LogP contribution in [-0.2, 0) is 15.7 Å². The van der Waals surface area contributed by atoms with Crippen LogP contribution in [0.15, 0.2) is 29.4 Å². The summed E-state index contributed by atoms with van der Waals surface area (Å²) < 4.78 is 41.9. The number of benzene rings is 1. The Kier molecular flexibility index (Phi) is 5.54. The normalized spacial score (nSPS) is 12.3. The van der Waals surface area contributed by atoms with Crippen molar-refractivity contribution >= 4 is 11.7 Å². The molecule has 0 radical (unpaired) electrons. The second-order valence-electron chi connectivity index (χ2n) is 3.93. The minimum atomic E-state index is -4.42. The summed E-state index contributed by atoms with van der Waals surface area (Å²) in [4.78, 5) is 11.2. The fraction of sp³-hybridized carbons (Fsp3) is 0.385. The van der Waals surface area contributed by atoms with Crippen molar-refractivity contribution in [2.75, 3.05) is 6.61 Å². The molecule has 110 valence electrons. The Balaban J connectivity index is 2.74. The zero-order valence-corrected chi connectivity index (χ0v) is 10.8. The van der Waals surface area contributed by atoms with E-state index in [2.05, 4.69) is 5.16 Å². The maximum absolute atomic E-state index is 12.4. The first-order chi connectivity index (χ1) is 9.38. The van der Waals surface area contributed by atoms with E-state index in [0.717, 1.165) is 12.1 Å². The summed E-state index contributed by atoms with van der Waals surface area (Å²) in [6, 6.07) is 4.18. The second kappa shape index (κ2) is 6.93. The Hall–Kier alpha value is -2.05. The van der Waals surface area contributed by atoms with Crippen LogP contribution in [0.3, 0.4) is 0 Å². The molecule has 0 bridgehead atoms. The van der Waals surface area contributed by atoms with Crippen LogP contribution in [0, 0.1) is 0 Å². The Morgan fingerprint density at radius 2 is 1.85 bits per heavy atom. The van der Waals surface area contributed by atoms with Gasteiger partial charge < -0.3 is 9.94 Å². The lowest BCUT2D eigenvalue weighted by Crippen LogP contribution is -2.10. The number of halogens is 3. The quantitative estimate of drug-likeness (QED) is 0.392. The monoisotopic (exact) mass is 289 g/mol. The van der Waals surface area contributed by atoms with Crippen LogP contribution in [-0.4, -0.2) is 23.5 Å². The molecule has 0 amide bonds. The van der Waals surface area contributed by atoms with Gasteiger partial charge in [0.15, 0.2) is 0 Å². The highest BCUT2D eigenvalue weighted by Crippen LogP contribution is 2.29. The molecule has 1 rings (SSSR count). The Morgan fingerprint density at radius 3 is 2.30 bits per heavy atom. The molecule has 0 atom stereocenters. The lowest BCUT2D eigenvalue weighted by atomic mass is 10.0. The molecule has 20 heavy (non-hydrogen) atoms. The molecule has 1 aromatic rings. The van der Waals surface area contributed by atoms with Crippen molar-refractivity contribution in [2.45, 2.75) is 25.9 Å². The molecule has 0 aliphatic carbocycles. The van der Waals surface area contributed by atoms with E-state index in [1.165, 1.54) is 12.1 Å². The first-order valence-electron chi connectivity index (χ1n) is 5.92. The molecule has 0 saturated heterocycles. The molecule has 0 saturated carbocycles. The van der Waals surface area contributed by atoms with Gasteiger partial charge in [0, 0.05) is 6.42 Å². The van der Waals surface area contributed by atoms with Crippen LogP contribution in [0.25, 0.3) is 0 Å². The van der Waals surface area contributed by atoms with Gasteiger partial charge in [-0.25, -0.2) is 0 Å². The molecule has 0 unspecified atom stereocenters. The van der Waals surface area contributed by atoms with Gasteiger partial charge in [-0.15, -0.1) is 0 Å². The summed E-state index contributed by atoms with van der Waals surface area (Å²) in [6.45, 7) is 1.90. The number of ether oxygens (including phenoxy) is 1. The minimum Gasteiger partial charge on any atom is -0.466 e. The third-order valence-corrected chi connectivity index (χ3v) is 2.54. The maximum atomic E-state index is 12.4. The van der Waals surface area contributed by atoms with Crippen molar-refractivity contribution in [3.8, 4) is 0 Å². The van der Waals surface area contributed by atoms with E-state index in [-0.39, 0.29) is 25.2 Å². The number of rotatable bonds is 5. The molecule has 7 heteroatoms. The van der Waals surface area contributed by atoms with Crippen LogP contribution < -0.4 is 0 Å². The molecule has 0 aliphatic rings. The van der Waals surface area contributed by atoms with E-state index in [9.17, 15) is 18.0 Å². The van der Waals surface area contributed by atoms with Gasteiger partial charge in [0.25, 0.3) is 0 Å². The Bertz CT molecular complexity index is 481. The predicted molar refractivity (Wildman–Crippen MR) is 65.6 cm³/mol. The van der Waals surface area contributed by atoms with Crippen molar-refractivity contribution in [2.24, 2.45) is 5.16 Å². The standard InChI is InChI=1S/C13H14F3NO3/c1-2-20-12(18)8-7-11(17-19)9-3-5-10(6-4-9)13(14,15)16/h3-6,19H,2,7-8H2,1H3. The number of oxime groups is 1. The molecular formula is C13H14F3NO3. The van der Waals surface area contributed by atoms with Crippen LogP contribution in [0.2, 0.25) is 0 Å². The average molecular weight is 289 g/mol. The van der Waals surface area contributed by atoms with E-state index in [4.69, 9.17) is 9.94 Å². The van der Waals surface area contributed by atoms with Crippen LogP contribution in [0.5, 0.6) is 0 Å². The van der Waals surface area contributed by atoms with Crippen LogP contribution in [0.1, 0.15) is 30.9 Å². The third-order valence-electron chi connectivity index (χ3n) is 2.54. The third kappa shape index (κ3) is 4.56. The number of hydrogen-bond donors (Lipinski definition) is 1. The smallest absolute Gasteiger partial charge is 0.416 e. The van der Waals surface area contributed by atoms with E-state index in [0.29, 0.717) is 5.56 Å². The van der Waals surface area contributed by atoms with E-state index in [1.807, 2.05) is 0 Å². The lowest BCUT2D eigenvalue weighted by molar-refractivity contribution is -0.143. The van der Waals surface area contributed by atoms with Gasteiger partial charge in [-0.3, -0.25) is 4.79 Å². The number of esters is 1. The second-order valence-corrected chi connectivity index (χ2v) is 3.93. The molecule has 4 nitrogen and oxygen atoms in total. The van der Waals surface area contributed by atoms with Gasteiger partial charge in [-0.2, -0.15) is 13.2 Å². The molecule has 1 N–H and O–H groups in total. The number of hydrogen-bond acceptors (Lipinski definition) is 4. The highest BCUT2D eigenvalue weighted by atomic mass is 19.4. The number of carbonyl (C=O) groups is 1. The molecule has 0 fully saturated rings. The summed E-state index contributed by atoms with van der Waals surface area (Å²) in [6.07, 6.45) is -4.34. The summed E-state index contributed by atoms with van der Waals surface area (Å²) in [7, 11) is 0. The maximum Gasteiger partial charge on any atom is 0.416 e. The summed E-state index contributed by atoms with van der Waals surface area (Å²) in [5.41, 5.74) is -0.333. The summed E-state index contributed by atoms with van der Waals surface area (Å²) >= 11 is 0. The Labute approximate surface area is 113 Å². The average Bonchev–Trinajstić information content (AvgIpc) is 2.39. The minimum absolute atomic E-state index is 0.00570. The van der Waals surface area contributed by atoms with Gasteiger partial charge in [0.2, 0.25) is 0 Å². The zero-order chi connectivity index (χ0) is 15.2. The number of alkyl halides is 3. The summed E-state index contributed by atoms with van der Waals surface area (Å²) in [5.74, 6) is -0.458. The lowest BCUT2D eigenvalue weighted by Gasteiger charge is -2.08. The van der Waals surface area contributed by atoms with Gasteiger partial charge >= 0.3 is 12.1 Å². The molecule has 0 aliphatic heterocycles. The van der Waals surface area contributed by atoms with Crippen LogP contribution >= 0.6 is 0 Å².